The SMILES string of the molecule is COc1cccc(CC(O)c2cc(Br)ccc2C)c1. The fourth-order valence-corrected chi connectivity index (χ4v) is 2.48. The first kappa shape index (κ1) is 14.1. The van der Waals surface area contributed by atoms with Gasteiger partial charge in [0.2, 0.25) is 0 Å². The van der Waals surface area contributed by atoms with Crippen molar-refractivity contribution in [2.24, 2.45) is 0 Å². The summed E-state index contributed by atoms with van der Waals surface area (Å²) >= 11 is 3.44. The van der Waals surface area contributed by atoms with Crippen LogP contribution < -0.4 is 4.74 Å². The Bertz CT molecular complexity index is 566. The van der Waals surface area contributed by atoms with Crippen LogP contribution in [0.25, 0.3) is 0 Å². The van der Waals surface area contributed by atoms with E-state index in [0.29, 0.717) is 6.42 Å². The standard InChI is InChI=1S/C16H17BrO2/c1-11-6-7-13(17)10-15(11)16(18)9-12-4-3-5-14(8-12)19-2/h3-8,10,16,18H,9H2,1-2H3. The smallest absolute Gasteiger partial charge is 0.119 e. The van der Waals surface area contributed by atoms with Crippen LogP contribution in [0.1, 0.15) is 22.8 Å². The summed E-state index contributed by atoms with van der Waals surface area (Å²) in [6.07, 6.45) is 0.0682. The van der Waals surface area contributed by atoms with E-state index in [1.165, 1.54) is 0 Å². The molecule has 0 aliphatic carbocycles. The van der Waals surface area contributed by atoms with Crippen LogP contribution >= 0.6 is 15.9 Å². The molecule has 3 heteroatoms. The molecule has 0 spiro atoms. The summed E-state index contributed by atoms with van der Waals surface area (Å²) < 4.78 is 6.18. The second kappa shape index (κ2) is 6.22. The molecule has 2 aromatic carbocycles. The van der Waals surface area contributed by atoms with Gasteiger partial charge in [-0.2, -0.15) is 0 Å². The van der Waals surface area contributed by atoms with Gasteiger partial charge in [-0.15, -0.1) is 0 Å². The normalized spacial score (nSPS) is 12.2. The quantitative estimate of drug-likeness (QED) is 0.921. The number of methoxy groups -OCH3 is 1. The van der Waals surface area contributed by atoms with Crippen LogP contribution in [-0.4, -0.2) is 12.2 Å². The highest BCUT2D eigenvalue weighted by atomic mass is 79.9. The molecule has 100 valence electrons. The third-order valence-corrected chi connectivity index (χ3v) is 3.66. The van der Waals surface area contributed by atoms with E-state index in [2.05, 4.69) is 15.9 Å². The van der Waals surface area contributed by atoms with E-state index in [9.17, 15) is 5.11 Å². The van der Waals surface area contributed by atoms with E-state index in [4.69, 9.17) is 4.74 Å². The summed E-state index contributed by atoms with van der Waals surface area (Å²) in [5.41, 5.74) is 3.11. The highest BCUT2D eigenvalue weighted by molar-refractivity contribution is 9.10. The molecule has 0 aromatic heterocycles. The van der Waals surface area contributed by atoms with Crippen LogP contribution in [0.15, 0.2) is 46.9 Å². The van der Waals surface area contributed by atoms with Gasteiger partial charge in [0.1, 0.15) is 5.75 Å². The Hall–Kier alpha value is -1.32. The Morgan fingerprint density at radius 1 is 1.21 bits per heavy atom. The van der Waals surface area contributed by atoms with Gasteiger partial charge in [0.05, 0.1) is 13.2 Å². The van der Waals surface area contributed by atoms with E-state index in [0.717, 1.165) is 26.9 Å². The molecule has 19 heavy (non-hydrogen) atoms. The number of ether oxygens (including phenoxy) is 1. The zero-order valence-corrected chi connectivity index (χ0v) is 12.6. The largest absolute Gasteiger partial charge is 0.497 e. The molecule has 1 atom stereocenters. The second-order valence-electron chi connectivity index (χ2n) is 4.57. The third-order valence-electron chi connectivity index (χ3n) is 3.16. The first-order chi connectivity index (χ1) is 9.10. The molecule has 0 aliphatic heterocycles. The topological polar surface area (TPSA) is 29.5 Å². The molecule has 2 nitrogen and oxygen atoms in total. The van der Waals surface area contributed by atoms with Crippen LogP contribution in [-0.2, 0) is 6.42 Å². The van der Waals surface area contributed by atoms with Crippen LogP contribution in [0.4, 0.5) is 0 Å². The van der Waals surface area contributed by atoms with Crippen molar-refractivity contribution in [3.63, 3.8) is 0 Å². The van der Waals surface area contributed by atoms with Gasteiger partial charge in [0.15, 0.2) is 0 Å². The lowest BCUT2D eigenvalue weighted by atomic mass is 9.98. The number of halogens is 1. The highest BCUT2D eigenvalue weighted by Gasteiger charge is 2.12. The number of benzene rings is 2. The van der Waals surface area contributed by atoms with Crippen molar-refractivity contribution >= 4 is 15.9 Å². The van der Waals surface area contributed by atoms with Gasteiger partial charge in [-0.3, -0.25) is 0 Å². The van der Waals surface area contributed by atoms with Crippen LogP contribution in [0.3, 0.4) is 0 Å². The second-order valence-corrected chi connectivity index (χ2v) is 5.49. The van der Waals surface area contributed by atoms with Crippen molar-refractivity contribution in [2.45, 2.75) is 19.4 Å². The zero-order valence-electron chi connectivity index (χ0n) is 11.1. The Labute approximate surface area is 122 Å². The van der Waals surface area contributed by atoms with E-state index < -0.39 is 6.10 Å². The number of aliphatic hydroxyl groups is 1. The van der Waals surface area contributed by atoms with Crippen molar-refractivity contribution in [1.82, 2.24) is 0 Å². The van der Waals surface area contributed by atoms with Crippen molar-refractivity contribution in [2.75, 3.05) is 7.11 Å². The van der Waals surface area contributed by atoms with Crippen LogP contribution in [0.2, 0.25) is 0 Å². The lowest BCUT2D eigenvalue weighted by molar-refractivity contribution is 0.177. The third kappa shape index (κ3) is 3.58. The van der Waals surface area contributed by atoms with Gasteiger partial charge in [0, 0.05) is 10.9 Å². The van der Waals surface area contributed by atoms with E-state index in [1.54, 1.807) is 7.11 Å². The fraction of sp³-hybridized carbons (Fsp3) is 0.250. The highest BCUT2D eigenvalue weighted by Crippen LogP contribution is 2.26. The monoisotopic (exact) mass is 320 g/mol. The van der Waals surface area contributed by atoms with Crippen molar-refractivity contribution in [3.8, 4) is 5.75 Å². The predicted molar refractivity (Wildman–Crippen MR) is 80.5 cm³/mol. The fourth-order valence-electron chi connectivity index (χ4n) is 2.10. The average molecular weight is 321 g/mol. The van der Waals surface area contributed by atoms with E-state index >= 15 is 0 Å². The van der Waals surface area contributed by atoms with Crippen molar-refractivity contribution in [1.29, 1.82) is 0 Å². The lowest BCUT2D eigenvalue weighted by Gasteiger charge is -2.15. The molecule has 0 saturated carbocycles. The van der Waals surface area contributed by atoms with Crippen LogP contribution in [0.5, 0.6) is 5.75 Å². The molecular weight excluding hydrogens is 304 g/mol. The van der Waals surface area contributed by atoms with Gasteiger partial charge in [-0.1, -0.05) is 34.1 Å². The summed E-state index contributed by atoms with van der Waals surface area (Å²) in [6, 6.07) is 13.8. The average Bonchev–Trinajstić information content (AvgIpc) is 2.41. The Kier molecular flexibility index (Phi) is 4.61. The maximum atomic E-state index is 10.4. The Morgan fingerprint density at radius 3 is 2.74 bits per heavy atom. The molecule has 0 amide bonds. The molecule has 1 N–H and O–H groups in total. The molecule has 0 aliphatic rings. The van der Waals surface area contributed by atoms with Crippen LogP contribution in [0, 0.1) is 6.92 Å². The van der Waals surface area contributed by atoms with E-state index in [1.807, 2.05) is 49.4 Å². The maximum Gasteiger partial charge on any atom is 0.119 e. The Balaban J connectivity index is 2.20. The van der Waals surface area contributed by atoms with Gasteiger partial charge in [0.25, 0.3) is 0 Å². The lowest BCUT2D eigenvalue weighted by Crippen LogP contribution is -2.04. The minimum Gasteiger partial charge on any atom is -0.497 e. The van der Waals surface area contributed by atoms with Gasteiger partial charge in [-0.05, 0) is 47.9 Å². The molecule has 2 rings (SSSR count). The Morgan fingerprint density at radius 2 is 2.00 bits per heavy atom. The minimum absolute atomic E-state index is 0.510. The molecule has 0 radical (unpaired) electrons. The maximum absolute atomic E-state index is 10.4. The summed E-state index contributed by atoms with van der Waals surface area (Å²) in [7, 11) is 1.65. The van der Waals surface area contributed by atoms with Gasteiger partial charge in [-0.25, -0.2) is 0 Å². The van der Waals surface area contributed by atoms with Gasteiger partial charge >= 0.3 is 0 Å². The van der Waals surface area contributed by atoms with Crippen molar-refractivity contribution < 1.29 is 9.84 Å². The molecular formula is C16H17BrO2. The summed E-state index contributed by atoms with van der Waals surface area (Å²) in [5, 5.41) is 10.4. The zero-order chi connectivity index (χ0) is 13.8. The molecule has 0 bridgehead atoms. The molecule has 0 saturated heterocycles. The van der Waals surface area contributed by atoms with Gasteiger partial charge < -0.3 is 9.84 Å². The number of aryl methyl sites for hydroxylation is 1. The number of hydrogen-bond acceptors (Lipinski definition) is 2. The first-order valence-electron chi connectivity index (χ1n) is 6.17. The molecule has 0 heterocycles. The number of aliphatic hydroxyl groups excluding tert-OH is 1. The molecule has 2 aromatic rings. The molecule has 0 fully saturated rings. The molecule has 1 unspecified atom stereocenters. The van der Waals surface area contributed by atoms with Crippen molar-refractivity contribution in [3.05, 3.63) is 63.6 Å². The minimum atomic E-state index is -0.510. The summed E-state index contributed by atoms with van der Waals surface area (Å²) in [6.45, 7) is 2.01. The first-order valence-corrected chi connectivity index (χ1v) is 6.96. The summed E-state index contributed by atoms with van der Waals surface area (Å²) in [4.78, 5) is 0. The predicted octanol–water partition coefficient (Wildman–Crippen LogP) is 4.04. The number of hydrogen-bond donors (Lipinski definition) is 1. The van der Waals surface area contributed by atoms with E-state index in [-0.39, 0.29) is 0 Å². The number of rotatable bonds is 4. The summed E-state index contributed by atoms with van der Waals surface area (Å²) in [5.74, 6) is 0.815.